The second-order valence-electron chi connectivity index (χ2n) is 5.13. The maximum Gasteiger partial charge on any atom is 0.0943 e. The third-order valence-electron chi connectivity index (χ3n) is 3.12. The first-order valence-corrected chi connectivity index (χ1v) is 7.88. The lowest BCUT2D eigenvalue weighted by Crippen LogP contribution is -2.27. The van der Waals surface area contributed by atoms with E-state index in [0.29, 0.717) is 0 Å². The Balaban J connectivity index is 0.000000443. The first-order chi connectivity index (χ1) is 9.24. The molecule has 0 aliphatic carbocycles. The zero-order chi connectivity index (χ0) is 14.3. The minimum absolute atomic E-state index is 1.32. The fourth-order valence-corrected chi connectivity index (χ4v) is 1.81. The van der Waals surface area contributed by atoms with E-state index in [-0.39, 0.29) is 0 Å². The Morgan fingerprint density at radius 1 is 0.895 bits per heavy atom. The minimum Gasteiger partial charge on any atom is -0.341 e. The molecule has 1 aromatic heterocycles. The van der Waals surface area contributed by atoms with E-state index in [1.165, 1.54) is 58.2 Å². The van der Waals surface area contributed by atoms with E-state index in [9.17, 15) is 0 Å². The molecular formula is C16H33N3. The topological polar surface area (TPSA) is 21.1 Å². The Morgan fingerprint density at radius 2 is 1.37 bits per heavy atom. The third-order valence-corrected chi connectivity index (χ3v) is 3.12. The highest BCUT2D eigenvalue weighted by atomic mass is 15.1. The number of imidazole rings is 1. The SMILES string of the molecule is CCCCN(CCCC)CCCC.Cn1ccnc1. The molecule has 0 fully saturated rings. The Labute approximate surface area is 120 Å². The van der Waals surface area contributed by atoms with Gasteiger partial charge in [-0.1, -0.05) is 40.0 Å². The Kier molecular flexibility index (Phi) is 13.0. The van der Waals surface area contributed by atoms with Gasteiger partial charge in [0, 0.05) is 19.4 Å². The molecule has 1 rings (SSSR count). The van der Waals surface area contributed by atoms with Gasteiger partial charge in [-0.2, -0.15) is 0 Å². The molecule has 1 aromatic rings. The molecule has 19 heavy (non-hydrogen) atoms. The van der Waals surface area contributed by atoms with Crippen LogP contribution in [-0.4, -0.2) is 34.1 Å². The summed E-state index contributed by atoms with van der Waals surface area (Å²) in [6.45, 7) is 10.8. The highest BCUT2D eigenvalue weighted by molar-refractivity contribution is 4.70. The highest BCUT2D eigenvalue weighted by Crippen LogP contribution is 2.01. The number of nitrogens with zero attached hydrogens (tertiary/aromatic N) is 3. The average molecular weight is 267 g/mol. The van der Waals surface area contributed by atoms with Crippen LogP contribution in [0.15, 0.2) is 18.7 Å². The molecule has 3 nitrogen and oxygen atoms in total. The van der Waals surface area contributed by atoms with Gasteiger partial charge < -0.3 is 9.47 Å². The molecule has 3 heteroatoms. The van der Waals surface area contributed by atoms with Crippen LogP contribution in [0.4, 0.5) is 0 Å². The van der Waals surface area contributed by atoms with Crippen molar-refractivity contribution in [1.29, 1.82) is 0 Å². The summed E-state index contributed by atoms with van der Waals surface area (Å²) in [6, 6.07) is 0. The van der Waals surface area contributed by atoms with Gasteiger partial charge in [-0.15, -0.1) is 0 Å². The highest BCUT2D eigenvalue weighted by Gasteiger charge is 2.01. The van der Waals surface area contributed by atoms with Crippen LogP contribution < -0.4 is 0 Å². The summed E-state index contributed by atoms with van der Waals surface area (Å²) >= 11 is 0. The van der Waals surface area contributed by atoms with Crippen LogP contribution in [0.1, 0.15) is 59.3 Å². The van der Waals surface area contributed by atoms with E-state index in [1.807, 2.05) is 17.8 Å². The van der Waals surface area contributed by atoms with Gasteiger partial charge in [-0.25, -0.2) is 4.98 Å². The molecule has 0 atom stereocenters. The van der Waals surface area contributed by atoms with Crippen LogP contribution in [0, 0.1) is 0 Å². The second kappa shape index (κ2) is 13.6. The standard InChI is InChI=1S/C12H27N.C4H6N2/c1-4-7-10-13(11-8-5-2)12-9-6-3;1-6-3-2-5-4-6/h4-12H2,1-3H3;2-4H,1H3. The molecule has 0 N–H and O–H groups in total. The van der Waals surface area contributed by atoms with E-state index in [4.69, 9.17) is 0 Å². The normalized spacial score (nSPS) is 10.4. The van der Waals surface area contributed by atoms with Crippen LogP contribution in [0.5, 0.6) is 0 Å². The minimum atomic E-state index is 1.32. The van der Waals surface area contributed by atoms with Gasteiger partial charge in [0.1, 0.15) is 0 Å². The smallest absolute Gasteiger partial charge is 0.0943 e. The molecule has 0 saturated carbocycles. The van der Waals surface area contributed by atoms with Crippen LogP contribution in [0.25, 0.3) is 0 Å². The molecule has 0 aromatic carbocycles. The van der Waals surface area contributed by atoms with Gasteiger partial charge in [0.25, 0.3) is 0 Å². The molecule has 0 aliphatic heterocycles. The predicted molar refractivity (Wildman–Crippen MR) is 84.4 cm³/mol. The van der Waals surface area contributed by atoms with E-state index in [0.717, 1.165) is 0 Å². The van der Waals surface area contributed by atoms with E-state index >= 15 is 0 Å². The van der Waals surface area contributed by atoms with Crippen LogP contribution >= 0.6 is 0 Å². The number of aryl methyl sites for hydroxylation is 1. The van der Waals surface area contributed by atoms with Crippen molar-refractivity contribution in [2.45, 2.75) is 59.3 Å². The van der Waals surface area contributed by atoms with E-state index in [1.54, 1.807) is 12.5 Å². The summed E-state index contributed by atoms with van der Waals surface area (Å²) in [6.07, 6.45) is 13.5. The van der Waals surface area contributed by atoms with Crippen LogP contribution in [0.2, 0.25) is 0 Å². The number of hydrogen-bond donors (Lipinski definition) is 0. The average Bonchev–Trinajstić information content (AvgIpc) is 2.90. The number of rotatable bonds is 9. The summed E-state index contributed by atoms with van der Waals surface area (Å²) in [7, 11) is 1.94. The number of unbranched alkanes of at least 4 members (excludes halogenated alkanes) is 3. The monoisotopic (exact) mass is 267 g/mol. The second-order valence-corrected chi connectivity index (χ2v) is 5.13. The molecule has 0 bridgehead atoms. The summed E-state index contributed by atoms with van der Waals surface area (Å²) < 4.78 is 1.89. The third kappa shape index (κ3) is 12.0. The van der Waals surface area contributed by atoms with Crippen molar-refractivity contribution in [2.75, 3.05) is 19.6 Å². The molecule has 0 aliphatic rings. The summed E-state index contributed by atoms with van der Waals surface area (Å²) in [5.41, 5.74) is 0. The zero-order valence-electron chi connectivity index (χ0n) is 13.4. The van der Waals surface area contributed by atoms with Gasteiger partial charge >= 0.3 is 0 Å². The Bertz CT molecular complexity index is 238. The lowest BCUT2D eigenvalue weighted by molar-refractivity contribution is 0.261. The number of aromatic nitrogens is 2. The van der Waals surface area contributed by atoms with Crippen molar-refractivity contribution >= 4 is 0 Å². The Hall–Kier alpha value is -0.830. The molecule has 0 unspecified atom stereocenters. The van der Waals surface area contributed by atoms with Crippen molar-refractivity contribution in [3.63, 3.8) is 0 Å². The maximum absolute atomic E-state index is 3.78. The largest absolute Gasteiger partial charge is 0.341 e. The summed E-state index contributed by atoms with van der Waals surface area (Å²) in [5.74, 6) is 0. The first-order valence-electron chi connectivity index (χ1n) is 7.88. The van der Waals surface area contributed by atoms with Crippen LogP contribution in [-0.2, 0) is 7.05 Å². The van der Waals surface area contributed by atoms with Crippen molar-refractivity contribution in [3.8, 4) is 0 Å². The lowest BCUT2D eigenvalue weighted by Gasteiger charge is -2.21. The number of hydrogen-bond acceptors (Lipinski definition) is 2. The van der Waals surface area contributed by atoms with Gasteiger partial charge in [-0.3, -0.25) is 0 Å². The molecule has 0 radical (unpaired) electrons. The lowest BCUT2D eigenvalue weighted by atomic mass is 10.2. The maximum atomic E-state index is 3.78. The van der Waals surface area contributed by atoms with Crippen molar-refractivity contribution in [3.05, 3.63) is 18.7 Å². The summed E-state index contributed by atoms with van der Waals surface area (Å²) in [4.78, 5) is 6.42. The molecule has 0 spiro atoms. The summed E-state index contributed by atoms with van der Waals surface area (Å²) in [5, 5.41) is 0. The fraction of sp³-hybridized carbons (Fsp3) is 0.812. The van der Waals surface area contributed by atoms with Gasteiger partial charge in [0.2, 0.25) is 0 Å². The van der Waals surface area contributed by atoms with Crippen LogP contribution in [0.3, 0.4) is 0 Å². The molecular weight excluding hydrogens is 234 g/mol. The van der Waals surface area contributed by atoms with E-state index in [2.05, 4.69) is 30.7 Å². The van der Waals surface area contributed by atoms with Crippen molar-refractivity contribution < 1.29 is 0 Å². The molecule has 0 amide bonds. The first kappa shape index (κ1) is 18.2. The Morgan fingerprint density at radius 3 is 1.58 bits per heavy atom. The predicted octanol–water partition coefficient (Wildman–Crippen LogP) is 4.11. The van der Waals surface area contributed by atoms with Gasteiger partial charge in [0.05, 0.1) is 6.33 Å². The molecule has 1 heterocycles. The van der Waals surface area contributed by atoms with Gasteiger partial charge in [0.15, 0.2) is 0 Å². The van der Waals surface area contributed by atoms with Gasteiger partial charge in [-0.05, 0) is 38.9 Å². The van der Waals surface area contributed by atoms with Crippen molar-refractivity contribution in [1.82, 2.24) is 14.5 Å². The quantitative estimate of drug-likeness (QED) is 0.671. The molecule has 0 saturated heterocycles. The zero-order valence-corrected chi connectivity index (χ0v) is 13.4. The van der Waals surface area contributed by atoms with Crippen molar-refractivity contribution in [2.24, 2.45) is 7.05 Å². The van der Waals surface area contributed by atoms with E-state index < -0.39 is 0 Å². The fourth-order valence-electron chi connectivity index (χ4n) is 1.81. The molecule has 112 valence electrons.